The van der Waals surface area contributed by atoms with E-state index in [1.807, 2.05) is 0 Å². The van der Waals surface area contributed by atoms with Crippen LogP contribution in [0.4, 0.5) is 0 Å². The normalized spacial score (nSPS) is 33.7. The first kappa shape index (κ1) is 12.2. The number of oxime groups is 1. The van der Waals surface area contributed by atoms with Gasteiger partial charge in [0, 0.05) is 6.42 Å². The average Bonchev–Trinajstić information content (AvgIpc) is 2.89. The molecule has 5 heteroatoms. The van der Waals surface area contributed by atoms with E-state index in [2.05, 4.69) is 10.5 Å². The quantitative estimate of drug-likeness (QED) is 0.297. The van der Waals surface area contributed by atoms with E-state index in [0.29, 0.717) is 12.3 Å². The molecule has 96 valence electrons. The molecule has 0 aliphatic heterocycles. The van der Waals surface area contributed by atoms with Crippen LogP contribution in [0.3, 0.4) is 0 Å². The Morgan fingerprint density at radius 1 is 1.53 bits per heavy atom. The molecule has 0 radical (unpaired) electrons. The van der Waals surface area contributed by atoms with Crippen molar-refractivity contribution in [1.82, 2.24) is 5.32 Å². The van der Waals surface area contributed by atoms with Gasteiger partial charge in [-0.25, -0.2) is 0 Å². The number of hydrogen-bond acceptors (Lipinski definition) is 3. The maximum absolute atomic E-state index is 11.8. The van der Waals surface area contributed by atoms with Crippen molar-refractivity contribution in [3.05, 3.63) is 0 Å². The van der Waals surface area contributed by atoms with E-state index in [-0.39, 0.29) is 11.7 Å². The number of nitrogens with two attached hydrogens (primary N) is 1. The molecule has 2 saturated carbocycles. The van der Waals surface area contributed by atoms with Crippen LogP contribution < -0.4 is 11.1 Å². The third kappa shape index (κ3) is 2.70. The lowest BCUT2D eigenvalue weighted by Crippen LogP contribution is -2.43. The second-order valence-corrected chi connectivity index (χ2v) is 5.45. The molecule has 4 atom stereocenters. The standard InChI is InChI=1S/C12H21N3O2/c1-7(12(13)15-17)14-11(16)6-10-5-8-2-3-9(10)4-8/h7-10,17H,2-6H2,1H3,(H2,13,15)(H,14,16). The molecular formula is C12H21N3O2. The lowest BCUT2D eigenvalue weighted by atomic mass is 9.86. The van der Waals surface area contributed by atoms with Gasteiger partial charge >= 0.3 is 0 Å². The fourth-order valence-electron chi connectivity index (χ4n) is 3.33. The van der Waals surface area contributed by atoms with Gasteiger partial charge in [-0.3, -0.25) is 4.79 Å². The van der Waals surface area contributed by atoms with Crippen molar-refractivity contribution in [2.24, 2.45) is 28.6 Å². The topological polar surface area (TPSA) is 87.7 Å². The Bertz CT molecular complexity index is 330. The lowest BCUT2D eigenvalue weighted by molar-refractivity contribution is -0.122. The van der Waals surface area contributed by atoms with Crippen molar-refractivity contribution in [3.63, 3.8) is 0 Å². The van der Waals surface area contributed by atoms with E-state index in [9.17, 15) is 4.79 Å². The molecule has 4 unspecified atom stereocenters. The minimum atomic E-state index is -0.397. The van der Waals surface area contributed by atoms with Gasteiger partial charge in [0.15, 0.2) is 5.84 Å². The largest absolute Gasteiger partial charge is 0.409 e. The predicted molar refractivity (Wildman–Crippen MR) is 64.6 cm³/mol. The first-order valence-electron chi connectivity index (χ1n) is 6.37. The summed E-state index contributed by atoms with van der Waals surface area (Å²) in [6, 6.07) is -0.397. The minimum Gasteiger partial charge on any atom is -0.409 e. The molecule has 0 heterocycles. The summed E-state index contributed by atoms with van der Waals surface area (Å²) in [7, 11) is 0. The highest BCUT2D eigenvalue weighted by Crippen LogP contribution is 2.49. The van der Waals surface area contributed by atoms with Gasteiger partial charge in [0.25, 0.3) is 0 Å². The van der Waals surface area contributed by atoms with Gasteiger partial charge < -0.3 is 16.3 Å². The van der Waals surface area contributed by atoms with E-state index < -0.39 is 6.04 Å². The highest BCUT2D eigenvalue weighted by molar-refractivity contribution is 5.89. The fourth-order valence-corrected chi connectivity index (χ4v) is 3.33. The van der Waals surface area contributed by atoms with E-state index in [4.69, 9.17) is 10.9 Å². The number of amides is 1. The number of carbonyl (C=O) groups is 1. The Labute approximate surface area is 101 Å². The van der Waals surface area contributed by atoms with Crippen LogP contribution in [0.5, 0.6) is 0 Å². The van der Waals surface area contributed by atoms with E-state index in [0.717, 1.165) is 11.8 Å². The summed E-state index contributed by atoms with van der Waals surface area (Å²) in [6.07, 6.45) is 5.75. The van der Waals surface area contributed by atoms with Crippen LogP contribution in [0, 0.1) is 17.8 Å². The van der Waals surface area contributed by atoms with Gasteiger partial charge in [0.1, 0.15) is 0 Å². The number of fused-ring (bicyclic) bond motifs is 2. The zero-order chi connectivity index (χ0) is 12.4. The summed E-state index contributed by atoms with van der Waals surface area (Å²) >= 11 is 0. The molecule has 1 amide bonds. The molecule has 0 spiro atoms. The molecule has 2 aliphatic carbocycles. The van der Waals surface area contributed by atoms with Crippen molar-refractivity contribution in [2.75, 3.05) is 0 Å². The van der Waals surface area contributed by atoms with Crippen LogP contribution in [-0.2, 0) is 4.79 Å². The van der Waals surface area contributed by atoms with E-state index in [1.165, 1.54) is 25.7 Å². The van der Waals surface area contributed by atoms with Crippen LogP contribution in [0.1, 0.15) is 39.0 Å². The Kier molecular flexibility index (Phi) is 3.54. The molecule has 0 aromatic carbocycles. The Morgan fingerprint density at radius 2 is 2.29 bits per heavy atom. The first-order valence-corrected chi connectivity index (χ1v) is 6.37. The molecule has 0 saturated heterocycles. The van der Waals surface area contributed by atoms with Crippen molar-refractivity contribution >= 4 is 11.7 Å². The Hall–Kier alpha value is -1.26. The number of amidine groups is 1. The van der Waals surface area contributed by atoms with Crippen LogP contribution >= 0.6 is 0 Å². The molecule has 2 bridgehead atoms. The fraction of sp³-hybridized carbons (Fsp3) is 0.833. The molecule has 2 rings (SSSR count). The number of rotatable bonds is 4. The summed E-state index contributed by atoms with van der Waals surface area (Å²) in [4.78, 5) is 11.8. The number of nitrogens with one attached hydrogen (secondary N) is 1. The molecular weight excluding hydrogens is 218 g/mol. The maximum Gasteiger partial charge on any atom is 0.220 e. The first-order chi connectivity index (χ1) is 8.10. The second kappa shape index (κ2) is 4.94. The molecule has 17 heavy (non-hydrogen) atoms. The molecule has 0 aromatic heterocycles. The monoisotopic (exact) mass is 239 g/mol. The zero-order valence-electron chi connectivity index (χ0n) is 10.2. The van der Waals surface area contributed by atoms with E-state index >= 15 is 0 Å². The lowest BCUT2D eigenvalue weighted by Gasteiger charge is -2.21. The van der Waals surface area contributed by atoms with Crippen molar-refractivity contribution < 1.29 is 10.0 Å². The summed E-state index contributed by atoms with van der Waals surface area (Å²) in [6.45, 7) is 1.72. The third-order valence-electron chi connectivity index (χ3n) is 4.27. The number of nitrogens with zero attached hydrogens (tertiary/aromatic N) is 1. The SMILES string of the molecule is CC(NC(=O)CC1CC2CCC1C2)/C(N)=N/O. The van der Waals surface area contributed by atoms with Crippen molar-refractivity contribution in [3.8, 4) is 0 Å². The minimum absolute atomic E-state index is 0.0154. The van der Waals surface area contributed by atoms with Crippen LogP contribution in [0.25, 0.3) is 0 Å². The molecule has 4 N–H and O–H groups in total. The third-order valence-corrected chi connectivity index (χ3v) is 4.27. The summed E-state index contributed by atoms with van der Waals surface area (Å²) in [5.41, 5.74) is 5.42. The van der Waals surface area contributed by atoms with Crippen molar-refractivity contribution in [2.45, 2.75) is 45.1 Å². The molecule has 2 aliphatic rings. The van der Waals surface area contributed by atoms with Gasteiger partial charge in [-0.15, -0.1) is 0 Å². The summed E-state index contributed by atoms with van der Waals surface area (Å²) in [5.74, 6) is 2.23. The zero-order valence-corrected chi connectivity index (χ0v) is 10.2. The van der Waals surface area contributed by atoms with Gasteiger partial charge in [0.05, 0.1) is 6.04 Å². The molecule has 5 nitrogen and oxygen atoms in total. The number of carbonyl (C=O) groups excluding carboxylic acids is 1. The molecule has 0 aromatic rings. The summed E-state index contributed by atoms with van der Waals surface area (Å²) in [5, 5.41) is 14.2. The Balaban J connectivity index is 1.78. The highest BCUT2D eigenvalue weighted by atomic mass is 16.4. The second-order valence-electron chi connectivity index (χ2n) is 5.45. The van der Waals surface area contributed by atoms with Crippen LogP contribution in [-0.4, -0.2) is 23.0 Å². The Morgan fingerprint density at radius 3 is 2.82 bits per heavy atom. The van der Waals surface area contributed by atoms with Gasteiger partial charge in [-0.05, 0) is 43.9 Å². The highest BCUT2D eigenvalue weighted by Gasteiger charge is 2.40. The van der Waals surface area contributed by atoms with Crippen molar-refractivity contribution in [1.29, 1.82) is 0 Å². The maximum atomic E-state index is 11.8. The number of hydrogen-bond donors (Lipinski definition) is 3. The smallest absolute Gasteiger partial charge is 0.220 e. The van der Waals surface area contributed by atoms with Gasteiger partial charge in [-0.2, -0.15) is 0 Å². The van der Waals surface area contributed by atoms with Crippen LogP contribution in [0.15, 0.2) is 5.16 Å². The van der Waals surface area contributed by atoms with Gasteiger partial charge in [0.2, 0.25) is 5.91 Å². The average molecular weight is 239 g/mol. The van der Waals surface area contributed by atoms with Gasteiger partial charge in [-0.1, -0.05) is 11.6 Å². The summed E-state index contributed by atoms with van der Waals surface area (Å²) < 4.78 is 0. The predicted octanol–water partition coefficient (Wildman–Crippen LogP) is 1.06. The van der Waals surface area contributed by atoms with E-state index in [1.54, 1.807) is 6.92 Å². The molecule has 2 fully saturated rings. The van der Waals surface area contributed by atoms with Crippen LogP contribution in [0.2, 0.25) is 0 Å².